The van der Waals surface area contributed by atoms with Gasteiger partial charge in [-0.1, -0.05) is 166 Å². The van der Waals surface area contributed by atoms with E-state index in [0.29, 0.717) is 106 Å². The van der Waals surface area contributed by atoms with Crippen molar-refractivity contribution in [3.05, 3.63) is 348 Å². The van der Waals surface area contributed by atoms with E-state index in [0.717, 1.165) is 151 Å². The van der Waals surface area contributed by atoms with Crippen molar-refractivity contribution in [2.45, 2.75) is 190 Å². The fourth-order valence-electron chi connectivity index (χ4n) is 21.3. The summed E-state index contributed by atoms with van der Waals surface area (Å²) in [5.74, 6) is 2.95. The number of ether oxygens (including phenoxy) is 2. The van der Waals surface area contributed by atoms with E-state index in [1.54, 1.807) is 78.0 Å². The number of allylic oxidation sites excluding steroid dienone is 9. The van der Waals surface area contributed by atoms with Crippen LogP contribution in [0.3, 0.4) is 0 Å². The van der Waals surface area contributed by atoms with Gasteiger partial charge in [0.15, 0.2) is 5.71 Å². The molecule has 1 aliphatic carbocycles. The molecule has 4 aliphatic heterocycles. The number of carbonyl (C=O) groups is 6. The van der Waals surface area contributed by atoms with Crippen LogP contribution in [0.1, 0.15) is 209 Å². The van der Waals surface area contributed by atoms with E-state index in [9.17, 15) is 34.0 Å². The third-order valence-corrected chi connectivity index (χ3v) is 30.2. The zero-order valence-electron chi connectivity index (χ0n) is 87.8. The number of hydrogen-bond acceptors (Lipinski definition) is 15. The second kappa shape index (κ2) is 49.4. The number of aromatic nitrogens is 2. The van der Waals surface area contributed by atoms with Crippen LogP contribution >= 0.6 is 35.2 Å². The summed E-state index contributed by atoms with van der Waals surface area (Å²) in [7, 11) is 3.18. The zero-order valence-corrected chi connectivity index (χ0v) is 90.1. The molecule has 0 unspecified atom stereocenters. The summed E-state index contributed by atoms with van der Waals surface area (Å²) in [4.78, 5) is 85.0. The molecule has 0 saturated carbocycles. The van der Waals surface area contributed by atoms with E-state index in [1.807, 2.05) is 44.2 Å². The van der Waals surface area contributed by atoms with Crippen LogP contribution in [0.2, 0.25) is 10.0 Å². The molecule has 0 fully saturated rings. The Kier molecular flexibility index (Phi) is 36.3. The maximum atomic E-state index is 13.7. The van der Waals surface area contributed by atoms with Crippen LogP contribution in [-0.2, 0) is 64.1 Å². The summed E-state index contributed by atoms with van der Waals surface area (Å²) in [5, 5.41) is 32.3. The maximum absolute atomic E-state index is 13.7. The van der Waals surface area contributed by atoms with Gasteiger partial charge in [-0.25, -0.2) is 4.58 Å². The quantitative estimate of drug-likeness (QED) is 0.00694. The van der Waals surface area contributed by atoms with Gasteiger partial charge in [-0.2, -0.15) is 8.91 Å². The van der Waals surface area contributed by atoms with Gasteiger partial charge in [0.2, 0.25) is 34.7 Å². The second-order valence-electron chi connectivity index (χ2n) is 39.8. The lowest BCUT2D eigenvalue weighted by molar-refractivity contribution is -0.777. The molecular weight excluding hydrogens is 1910 g/mol. The summed E-state index contributed by atoms with van der Waals surface area (Å²) in [5.41, 5.74) is 22.4. The molecule has 0 atom stereocenters. The molecule has 148 heavy (non-hydrogen) atoms. The summed E-state index contributed by atoms with van der Waals surface area (Å²) < 4.78 is 30.3. The predicted octanol–water partition coefficient (Wildman–Crippen LogP) is 23.7. The van der Waals surface area contributed by atoms with Crippen molar-refractivity contribution in [1.29, 1.82) is 0 Å². The Balaban J connectivity index is 0.000000222. The van der Waals surface area contributed by atoms with Gasteiger partial charge in [-0.3, -0.25) is 42.9 Å². The van der Waals surface area contributed by atoms with E-state index in [-0.39, 0.29) is 71.0 Å². The first-order chi connectivity index (χ1) is 71.4. The number of anilines is 2. The Morgan fingerprint density at radius 3 is 1.65 bits per heavy atom. The summed E-state index contributed by atoms with van der Waals surface area (Å²) in [6, 6.07) is 68.0. The van der Waals surface area contributed by atoms with Crippen LogP contribution in [0.15, 0.2) is 265 Å². The van der Waals surface area contributed by atoms with Crippen LogP contribution in [-0.4, -0.2) is 134 Å². The summed E-state index contributed by atoms with van der Waals surface area (Å²) in [6.07, 6.45) is 25.6. The number of likely N-dealkylation sites (N-methyl/N-ethyl adjacent to an activating group) is 1. The third kappa shape index (κ3) is 24.5. The lowest BCUT2D eigenvalue weighted by Crippen LogP contribution is -2.29. The number of fused-ring (bicyclic) bond motifs is 8. The molecule has 4 amide bonds. The number of nitrogens with one attached hydrogen (secondary N) is 4. The number of unbranched alkanes of at least 4 members (excludes halogenated alkanes) is 5. The van der Waals surface area contributed by atoms with E-state index >= 15 is 0 Å². The number of benzene rings is 10. The van der Waals surface area contributed by atoms with Crippen LogP contribution < -0.4 is 55.7 Å². The minimum atomic E-state index is -0.293. The Morgan fingerprint density at radius 1 is 0.507 bits per heavy atom. The van der Waals surface area contributed by atoms with Crippen molar-refractivity contribution in [3.8, 4) is 33.9 Å². The molecule has 0 radical (unpaired) electrons. The van der Waals surface area contributed by atoms with Crippen molar-refractivity contribution in [2.75, 3.05) is 88.7 Å². The fourth-order valence-corrected chi connectivity index (χ4v) is 22.0. The molecule has 22 nitrogen and oxygen atoms in total. The predicted molar refractivity (Wildman–Crippen MR) is 599 cm³/mol. The van der Waals surface area contributed by atoms with Gasteiger partial charge in [0.05, 0.1) is 56.0 Å². The molecule has 0 bridgehead atoms. The number of hydrogen-bond donors (Lipinski definition) is 4. The number of methoxy groups -OCH3 is 2. The molecular formula is C123H137Cl2N10O12S+. The second-order valence-corrected chi connectivity index (χ2v) is 41.4. The van der Waals surface area contributed by atoms with Gasteiger partial charge in [0.25, 0.3) is 11.8 Å². The zero-order chi connectivity index (χ0) is 105. The highest BCUT2D eigenvalue weighted by Gasteiger charge is 2.46. The van der Waals surface area contributed by atoms with Gasteiger partial charge in [-0.15, -0.1) is 0 Å². The lowest BCUT2D eigenvalue weighted by atomic mass is 9.79. The topological polar surface area (TPSA) is 246 Å². The van der Waals surface area contributed by atoms with Crippen molar-refractivity contribution in [1.82, 2.24) is 35.0 Å². The number of carbonyl (C=O) groups excluding carboxylic acids is 6. The van der Waals surface area contributed by atoms with E-state index in [2.05, 4.69) is 296 Å². The first-order valence-electron chi connectivity index (χ1n) is 51.7. The molecule has 2 aromatic heterocycles. The molecule has 16 rings (SSSR count). The van der Waals surface area contributed by atoms with Gasteiger partial charge in [-0.05, 0) is 284 Å². The molecule has 0 saturated heterocycles. The number of halogens is 2. The van der Waals surface area contributed by atoms with Crippen LogP contribution in [0.25, 0.3) is 61.1 Å². The normalized spacial score (nSPS) is 14.4. The number of amides is 4. The Morgan fingerprint density at radius 2 is 1.06 bits per heavy atom. The Labute approximate surface area is 883 Å². The average molecular weight is 2050 g/mol. The minimum absolute atomic E-state index is 0.0456. The molecule has 770 valence electrons. The van der Waals surface area contributed by atoms with Gasteiger partial charge in [0, 0.05) is 182 Å². The van der Waals surface area contributed by atoms with Crippen LogP contribution in [0, 0.1) is 27.7 Å². The molecule has 11 aromatic rings. The van der Waals surface area contributed by atoms with Gasteiger partial charge < -0.3 is 50.2 Å². The van der Waals surface area contributed by atoms with Crippen molar-refractivity contribution in [3.63, 3.8) is 0 Å². The average Bonchev–Trinajstić information content (AvgIpc) is 1.59. The molecule has 5 aliphatic rings. The molecule has 9 aromatic carbocycles. The highest BCUT2D eigenvalue weighted by molar-refractivity contribution is 7.94. The monoisotopic (exact) mass is 2050 g/mol. The standard InChI is InChI=1S/C63H70ClN5O5.C60H66ClN5O7S/c1-9-67(10-2)48-30-32-50-57(39-48)74-56(43(4)61(50)45-20-13-11-14-21-45)22-19-23-58-63(6,7)53-38-42(3)25-33-55(53)68(58)37-18-12-15-24-59(70)65-35-16-17-36-66-60(71)41-51-44(5)69(54-34-31-49(73-8)40-52(51)54)62(72)46-26-28-47(64)29-27-46;1-8-64-51-29-22-41(37-55(67)62-32-14-15-33-63-56(68)39-47-40(2)66(50-31-28-45(71-7)38-48(47)50)58(69)43-23-26-44(61)27-24-43)36-49(51)59(3,4)53(64)20-10-9-11-21-54-60(5,6)57-46-19-13-12-18-42(46)25-30-52(57)65(54)34-16-17-35-74-73-72-70/h11,13-14,19-23,25-34,38-40H,9-10,12,15-18,24,35-37,41H2,1-8H3,(H-,65,66,70,71);9-13,18-31,36,38H,8,14-17,32-35,37,39H2,1-7H3,(H2-,62,63,67,68,70)/p+1. The van der Waals surface area contributed by atoms with Crippen molar-refractivity contribution < 1.29 is 61.9 Å². The van der Waals surface area contributed by atoms with Crippen LogP contribution in [0.4, 0.5) is 17.1 Å². The number of nitrogens with zero attached hydrogens (tertiary/aromatic N) is 6. The number of aryl methyl sites for hydroxylation is 1. The largest absolute Gasteiger partial charge is 0.691 e. The Bertz CT molecular complexity index is 7320. The van der Waals surface area contributed by atoms with E-state index in [4.69, 9.17) is 37.1 Å². The molecule has 25 heteroatoms. The van der Waals surface area contributed by atoms with Crippen LogP contribution in [0.5, 0.6) is 11.5 Å². The third-order valence-electron chi connectivity index (χ3n) is 29.1. The van der Waals surface area contributed by atoms with E-state index in [1.165, 1.54) is 72.6 Å². The highest BCUT2D eigenvalue weighted by Crippen LogP contribution is 2.51. The molecule has 4 N–H and O–H groups in total. The molecule has 6 heterocycles. The van der Waals surface area contributed by atoms with E-state index < -0.39 is 0 Å². The summed E-state index contributed by atoms with van der Waals surface area (Å²) in [6.45, 7) is 34.6. The van der Waals surface area contributed by atoms with Gasteiger partial charge in [0.1, 0.15) is 42.7 Å². The first-order valence-corrected chi connectivity index (χ1v) is 53.3. The number of rotatable bonds is 42. The first kappa shape index (κ1) is 109. The van der Waals surface area contributed by atoms with Crippen molar-refractivity contribution >= 4 is 132 Å². The minimum Gasteiger partial charge on any atom is -0.691 e. The molecule has 0 spiro atoms. The smallest absolute Gasteiger partial charge is 0.262 e. The maximum Gasteiger partial charge on any atom is 0.262 e. The summed E-state index contributed by atoms with van der Waals surface area (Å²) >= 11 is 13.2. The fraction of sp³-hybridized carbons (Fsp3) is 0.333. The Hall–Kier alpha value is -13.7. The van der Waals surface area contributed by atoms with Gasteiger partial charge >= 0.3 is 0 Å². The van der Waals surface area contributed by atoms with Crippen molar-refractivity contribution in [2.24, 2.45) is 0 Å². The SMILES string of the molecule is CCN1/C(=C/C=C/C=C/C2=[N+](CCCCSOO[O-])c3ccc4ccccc4c3C2(C)C)C(C)(C)c2cc(CC(=O)NCCCCNC(=O)Cc3c(C)n(C(=O)c4ccc(Cl)cc4)c4ccc(OC)cc34)ccc21.CC[N+](CC)=c1ccc2c(-c3ccccc3)c(C)c(/C=C/C=C3/N(CCCCCC(=O)NCCCCNC(=O)Cc4c(C)n(C(=O)c5ccc(Cl)cc5)c5ccc(OC)cc45)c4ccc(C)cc4C3(C)C)oc-2c1. The highest BCUT2D eigenvalue weighted by atomic mass is 35.5. The lowest BCUT2D eigenvalue weighted by Gasteiger charge is -2.27.